The fourth-order valence-corrected chi connectivity index (χ4v) is 1.99. The van der Waals surface area contributed by atoms with Crippen LogP contribution in [0, 0.1) is 9.39 Å². The number of rotatable bonds is 4. The van der Waals surface area contributed by atoms with Crippen LogP contribution in [0.15, 0.2) is 30.6 Å². The lowest BCUT2D eigenvalue weighted by Crippen LogP contribution is -2.21. The summed E-state index contributed by atoms with van der Waals surface area (Å²) < 4.78 is 16.5. The molecule has 0 aliphatic heterocycles. The summed E-state index contributed by atoms with van der Waals surface area (Å²) in [5.41, 5.74) is 1.41. The van der Waals surface area contributed by atoms with Crippen molar-refractivity contribution in [2.24, 2.45) is 0 Å². The van der Waals surface area contributed by atoms with Gasteiger partial charge in [0.2, 0.25) is 0 Å². The molecule has 0 spiro atoms. The van der Waals surface area contributed by atoms with Crippen LogP contribution in [0.5, 0.6) is 0 Å². The Morgan fingerprint density at radius 3 is 2.78 bits per heavy atom. The van der Waals surface area contributed by atoms with Crippen LogP contribution in [-0.4, -0.2) is 15.8 Å². The maximum absolute atomic E-state index is 14.0. The highest BCUT2D eigenvalue weighted by Gasteiger charge is 2.07. The fourth-order valence-electron chi connectivity index (χ4n) is 1.60. The van der Waals surface area contributed by atoms with Crippen LogP contribution < -0.4 is 5.32 Å². The molecule has 0 amide bonds. The first-order chi connectivity index (χ1) is 8.56. The molecule has 0 saturated heterocycles. The van der Waals surface area contributed by atoms with Gasteiger partial charge in [-0.15, -0.1) is 0 Å². The molecule has 18 heavy (non-hydrogen) atoms. The molecule has 3 nitrogen and oxygen atoms in total. The lowest BCUT2D eigenvalue weighted by Gasteiger charge is -2.09. The predicted octanol–water partition coefficient (Wildman–Crippen LogP) is 3.11. The van der Waals surface area contributed by atoms with E-state index in [1.54, 1.807) is 29.2 Å². The number of benzene rings is 1. The molecule has 0 aliphatic rings. The average molecular weight is 359 g/mol. The van der Waals surface area contributed by atoms with E-state index < -0.39 is 0 Å². The Labute approximate surface area is 120 Å². The Bertz CT molecular complexity index is 537. The van der Waals surface area contributed by atoms with E-state index in [-0.39, 0.29) is 5.82 Å². The zero-order valence-corrected chi connectivity index (χ0v) is 12.5. The maximum atomic E-state index is 14.0. The molecule has 5 heteroatoms. The predicted molar refractivity (Wildman–Crippen MR) is 78.2 cm³/mol. The normalized spacial score (nSPS) is 11.2. The van der Waals surface area contributed by atoms with Crippen molar-refractivity contribution in [3.05, 3.63) is 45.5 Å². The summed E-state index contributed by atoms with van der Waals surface area (Å²) in [4.78, 5) is 0. The minimum absolute atomic E-state index is 0.252. The second-order valence-corrected chi connectivity index (χ2v) is 5.67. The highest BCUT2D eigenvalue weighted by Crippen LogP contribution is 2.16. The van der Waals surface area contributed by atoms with Crippen LogP contribution in [0.1, 0.15) is 19.4 Å². The third-order valence-electron chi connectivity index (χ3n) is 2.52. The van der Waals surface area contributed by atoms with E-state index in [0.29, 0.717) is 18.3 Å². The summed E-state index contributed by atoms with van der Waals surface area (Å²) in [6.07, 6.45) is 3.50. The van der Waals surface area contributed by atoms with Gasteiger partial charge in [-0.25, -0.2) is 9.07 Å². The third-order valence-corrected chi connectivity index (χ3v) is 3.08. The van der Waals surface area contributed by atoms with Crippen LogP contribution in [0.3, 0.4) is 0 Å². The molecule has 2 aromatic rings. The topological polar surface area (TPSA) is 29.9 Å². The smallest absolute Gasteiger partial charge is 0.149 e. The molecule has 1 N–H and O–H groups in total. The second-order valence-electron chi connectivity index (χ2n) is 4.42. The quantitative estimate of drug-likeness (QED) is 0.851. The van der Waals surface area contributed by atoms with Crippen molar-refractivity contribution in [3.63, 3.8) is 0 Å². The highest BCUT2D eigenvalue weighted by molar-refractivity contribution is 14.1. The second kappa shape index (κ2) is 5.79. The van der Waals surface area contributed by atoms with Gasteiger partial charge in [0, 0.05) is 18.8 Å². The molecule has 2 rings (SSSR count). The van der Waals surface area contributed by atoms with E-state index in [1.807, 2.05) is 6.07 Å². The maximum Gasteiger partial charge on any atom is 0.149 e. The zero-order chi connectivity index (χ0) is 13.1. The zero-order valence-electron chi connectivity index (χ0n) is 10.3. The summed E-state index contributed by atoms with van der Waals surface area (Å²) in [6.45, 7) is 4.80. The van der Waals surface area contributed by atoms with Crippen molar-refractivity contribution >= 4 is 22.6 Å². The standard InChI is InChI=1S/C13H15FIN3/c1-9(2)16-6-10-3-4-13(12(14)5-10)18-8-11(15)7-17-18/h3-5,7-9,16H,6H2,1-2H3. The van der Waals surface area contributed by atoms with Crippen molar-refractivity contribution in [2.45, 2.75) is 26.4 Å². The number of nitrogens with zero attached hydrogens (tertiary/aromatic N) is 2. The number of hydrogen-bond acceptors (Lipinski definition) is 2. The van der Waals surface area contributed by atoms with Gasteiger partial charge in [0.15, 0.2) is 0 Å². The van der Waals surface area contributed by atoms with Gasteiger partial charge in [0.1, 0.15) is 11.5 Å². The summed E-state index contributed by atoms with van der Waals surface area (Å²) >= 11 is 2.15. The van der Waals surface area contributed by atoms with Crippen LogP contribution in [0.25, 0.3) is 5.69 Å². The monoisotopic (exact) mass is 359 g/mol. The number of halogens is 2. The molecule has 0 saturated carbocycles. The van der Waals surface area contributed by atoms with Crippen molar-refractivity contribution in [1.82, 2.24) is 15.1 Å². The van der Waals surface area contributed by atoms with Crippen molar-refractivity contribution < 1.29 is 4.39 Å². The van der Waals surface area contributed by atoms with Gasteiger partial charge < -0.3 is 5.32 Å². The first kappa shape index (κ1) is 13.5. The Hall–Kier alpha value is -0.950. The Morgan fingerprint density at radius 1 is 1.44 bits per heavy atom. The van der Waals surface area contributed by atoms with Gasteiger partial charge in [0.05, 0.1) is 9.77 Å². The van der Waals surface area contributed by atoms with Gasteiger partial charge in [0.25, 0.3) is 0 Å². The number of hydrogen-bond donors (Lipinski definition) is 1. The number of nitrogens with one attached hydrogen (secondary N) is 1. The van der Waals surface area contributed by atoms with E-state index in [0.717, 1.165) is 9.13 Å². The summed E-state index contributed by atoms with van der Waals surface area (Å²) in [5, 5.41) is 7.37. The minimum atomic E-state index is -0.252. The first-order valence-corrected chi connectivity index (χ1v) is 6.86. The van der Waals surface area contributed by atoms with Crippen LogP contribution in [-0.2, 0) is 6.54 Å². The minimum Gasteiger partial charge on any atom is -0.310 e. The average Bonchev–Trinajstić information content (AvgIpc) is 2.73. The van der Waals surface area contributed by atoms with Crippen molar-refractivity contribution in [1.29, 1.82) is 0 Å². The molecule has 0 unspecified atom stereocenters. The van der Waals surface area contributed by atoms with Gasteiger partial charge in [-0.2, -0.15) is 5.10 Å². The van der Waals surface area contributed by atoms with Gasteiger partial charge in [-0.3, -0.25) is 0 Å². The largest absolute Gasteiger partial charge is 0.310 e. The van der Waals surface area contributed by atoms with Crippen LogP contribution in [0.2, 0.25) is 0 Å². The van der Waals surface area contributed by atoms with E-state index in [1.165, 1.54) is 0 Å². The van der Waals surface area contributed by atoms with E-state index >= 15 is 0 Å². The van der Waals surface area contributed by atoms with Crippen molar-refractivity contribution in [2.75, 3.05) is 0 Å². The molecule has 1 aromatic carbocycles. The molecule has 96 valence electrons. The van der Waals surface area contributed by atoms with Gasteiger partial charge in [-0.1, -0.05) is 19.9 Å². The van der Waals surface area contributed by atoms with Crippen LogP contribution in [0.4, 0.5) is 4.39 Å². The van der Waals surface area contributed by atoms with E-state index in [4.69, 9.17) is 0 Å². The Morgan fingerprint density at radius 2 is 2.22 bits per heavy atom. The molecule has 0 aliphatic carbocycles. The van der Waals surface area contributed by atoms with Gasteiger partial charge >= 0.3 is 0 Å². The third kappa shape index (κ3) is 3.29. The first-order valence-electron chi connectivity index (χ1n) is 5.78. The highest BCUT2D eigenvalue weighted by atomic mass is 127. The van der Waals surface area contributed by atoms with Crippen molar-refractivity contribution in [3.8, 4) is 5.69 Å². The molecule has 0 bridgehead atoms. The lowest BCUT2D eigenvalue weighted by molar-refractivity contribution is 0.578. The fraction of sp³-hybridized carbons (Fsp3) is 0.308. The van der Waals surface area contributed by atoms with E-state index in [2.05, 4.69) is 46.9 Å². The molecule has 0 fully saturated rings. The SMILES string of the molecule is CC(C)NCc1ccc(-n2cc(I)cn2)c(F)c1. The van der Waals surface area contributed by atoms with E-state index in [9.17, 15) is 4.39 Å². The molecule has 0 radical (unpaired) electrons. The van der Waals surface area contributed by atoms with Crippen LogP contribution >= 0.6 is 22.6 Å². The molecule has 1 aromatic heterocycles. The molecular weight excluding hydrogens is 344 g/mol. The number of aromatic nitrogens is 2. The summed E-state index contributed by atoms with van der Waals surface area (Å²) in [5.74, 6) is -0.252. The van der Waals surface area contributed by atoms with Gasteiger partial charge in [-0.05, 0) is 40.3 Å². The lowest BCUT2D eigenvalue weighted by atomic mass is 10.2. The molecule has 1 heterocycles. The summed E-state index contributed by atoms with van der Waals surface area (Å²) in [6, 6.07) is 5.62. The Kier molecular flexibility index (Phi) is 4.34. The summed E-state index contributed by atoms with van der Waals surface area (Å²) in [7, 11) is 0. The Balaban J connectivity index is 2.20. The molecular formula is C13H15FIN3. The molecule has 0 atom stereocenters.